The smallest absolute Gasteiger partial charge is 0.0654 e. The fourth-order valence-electron chi connectivity index (χ4n) is 14.5. The Hall–Kier alpha value is 0.294. The van der Waals surface area contributed by atoms with E-state index < -0.39 is 44.8 Å². The van der Waals surface area contributed by atoms with Crippen molar-refractivity contribution in [2.24, 2.45) is 0 Å². The summed E-state index contributed by atoms with van der Waals surface area (Å²) in [6.45, 7) is 26.3. The summed E-state index contributed by atoms with van der Waals surface area (Å²) in [5.74, 6) is 2.36. The number of unbranched alkanes of at least 4 members (excludes halogenated alkanes) is 40. The first kappa shape index (κ1) is 79.5. The third-order valence-electron chi connectivity index (χ3n) is 20.2. The third-order valence-corrected chi connectivity index (χ3v) is 62.8. The first-order valence-corrected chi connectivity index (χ1v) is 58.2. The van der Waals surface area contributed by atoms with E-state index in [-0.39, 0.29) is 0 Å². The van der Waals surface area contributed by atoms with Crippen LogP contribution in [-0.2, 0) is 9.47 Å². The standard InChI is InChI=1S/C54H92O2S2Si.6C4H9.2Sn/c1-5-7-9-11-13-15-17-19-21-23-25-27-29-31-33-35-37-39-45-55-51-52(54(50-44-42-48-58-50)59(3,4)53(51)49-43-41-47-57-49)56-46-40-38-36-34-32-30-28-26-24-22-20-18-16-14-12-10-8-6-2;6*1-3-4-2;;/h41-44H,5-40,45-46H2,1-4H3;6*1,3-4H2,2H3;;. The van der Waals surface area contributed by atoms with Gasteiger partial charge < -0.3 is 0 Å². The number of rotatable bonds is 62. The minimum absolute atomic E-state index is 0.812. The fraction of sp³-hybridized carbons (Fsp3) is 0.846. The van der Waals surface area contributed by atoms with E-state index in [1.807, 2.05) is 5.79 Å². The van der Waals surface area contributed by atoms with Crippen LogP contribution in [0.3, 0.4) is 0 Å². The molecule has 3 rings (SSSR count). The normalized spacial score (nSPS) is 13.8. The molecule has 0 amide bonds. The van der Waals surface area contributed by atoms with Gasteiger partial charge in [0.1, 0.15) is 0 Å². The molecule has 0 N–H and O–H groups in total. The van der Waals surface area contributed by atoms with Crippen LogP contribution >= 0.6 is 22.7 Å². The Balaban J connectivity index is 1.87. The summed E-state index contributed by atoms with van der Waals surface area (Å²) in [7, 11) is -2.30. The second kappa shape index (κ2) is 51.8. The summed E-state index contributed by atoms with van der Waals surface area (Å²) in [6, 6.07) is 10.7. The molecule has 0 radical (unpaired) electrons. The quantitative estimate of drug-likeness (QED) is 0.0485. The third kappa shape index (κ3) is 31.7. The van der Waals surface area contributed by atoms with Crippen LogP contribution in [0.5, 0.6) is 0 Å². The maximum absolute atomic E-state index is 7.49. The van der Waals surface area contributed by atoms with Crippen LogP contribution in [0.1, 0.15) is 373 Å². The summed E-state index contributed by atoms with van der Waals surface area (Å²) < 4.78 is 27.9. The molecule has 2 aromatic rings. The second-order valence-electron chi connectivity index (χ2n) is 28.3. The first-order valence-electron chi connectivity index (χ1n) is 38.7. The van der Waals surface area contributed by atoms with Gasteiger partial charge in [-0.1, -0.05) is 181 Å². The van der Waals surface area contributed by atoms with Crippen LogP contribution in [0.15, 0.2) is 35.8 Å². The number of hydrogen-bond acceptors (Lipinski definition) is 4. The van der Waals surface area contributed by atoms with Crippen molar-refractivity contribution < 1.29 is 9.47 Å². The molecule has 85 heavy (non-hydrogen) atoms. The molecule has 494 valence electrons. The molecule has 1 aliphatic heterocycles. The molecule has 0 saturated heterocycles. The van der Waals surface area contributed by atoms with E-state index in [1.54, 1.807) is 20.1 Å². The van der Waals surface area contributed by atoms with E-state index in [4.69, 9.17) is 9.47 Å². The zero-order valence-corrected chi connectivity index (χ0v) is 67.4. The van der Waals surface area contributed by atoms with Crippen LogP contribution in [0, 0.1) is 0 Å². The van der Waals surface area contributed by atoms with E-state index in [0.717, 1.165) is 26.1 Å². The van der Waals surface area contributed by atoms with Crippen molar-refractivity contribution in [2.75, 3.05) is 13.2 Å². The van der Waals surface area contributed by atoms with Gasteiger partial charge >= 0.3 is 374 Å². The number of thiophene rings is 2. The summed E-state index contributed by atoms with van der Waals surface area (Å²) >= 11 is -0.810. The summed E-state index contributed by atoms with van der Waals surface area (Å²) in [5, 5.41) is 3.17. The second-order valence-corrected chi connectivity index (χ2v) is 63.0. The topological polar surface area (TPSA) is 18.5 Å². The Morgan fingerprint density at radius 3 is 0.682 bits per heavy atom. The van der Waals surface area contributed by atoms with Crippen molar-refractivity contribution in [2.45, 2.75) is 403 Å². The van der Waals surface area contributed by atoms with Gasteiger partial charge in [0.05, 0.1) is 0 Å². The van der Waals surface area contributed by atoms with Gasteiger partial charge in [-0.3, -0.25) is 0 Å². The Bertz CT molecular complexity index is 1750. The molecule has 0 aromatic carbocycles. The Kier molecular flexibility index (Phi) is 48.4. The summed E-state index contributed by atoms with van der Waals surface area (Å²) in [5.41, 5.74) is 0. The maximum atomic E-state index is 7.49. The van der Waals surface area contributed by atoms with Crippen molar-refractivity contribution in [3.8, 4) is 0 Å². The molecule has 0 bridgehead atoms. The Morgan fingerprint density at radius 1 is 0.271 bits per heavy atom. The van der Waals surface area contributed by atoms with Crippen LogP contribution in [0.2, 0.25) is 39.7 Å². The minimum atomic E-state index is -2.68. The molecule has 0 fully saturated rings. The van der Waals surface area contributed by atoms with Gasteiger partial charge in [-0.05, 0) is 0 Å². The van der Waals surface area contributed by atoms with E-state index in [0.29, 0.717) is 0 Å². The van der Waals surface area contributed by atoms with Crippen LogP contribution in [0.25, 0.3) is 10.4 Å². The fourth-order valence-corrected chi connectivity index (χ4v) is 59.7. The molecule has 0 unspecified atom stereocenters. The van der Waals surface area contributed by atoms with Gasteiger partial charge in [-0.15, -0.1) is 0 Å². The monoisotopic (exact) mass is 1450 g/mol. The van der Waals surface area contributed by atoms with E-state index in [2.05, 4.69) is 115 Å². The molecular formula is C78H146O2S2SiSn2. The molecule has 0 aliphatic carbocycles. The average molecular weight is 1450 g/mol. The molecule has 2 nitrogen and oxygen atoms in total. The average Bonchev–Trinajstić information content (AvgIpc) is 1.85. The van der Waals surface area contributed by atoms with Gasteiger partial charge in [-0.25, -0.2) is 0 Å². The van der Waals surface area contributed by atoms with Crippen LogP contribution < -0.4 is 5.79 Å². The minimum Gasteiger partial charge on any atom is -0.0654 e. The van der Waals surface area contributed by atoms with E-state index in [9.17, 15) is 0 Å². The van der Waals surface area contributed by atoms with Crippen molar-refractivity contribution in [1.29, 1.82) is 0 Å². The molecule has 0 atom stereocenters. The zero-order valence-electron chi connectivity index (χ0n) is 59.0. The number of hydrogen-bond donors (Lipinski definition) is 0. The van der Waals surface area contributed by atoms with Gasteiger partial charge in [-0.2, -0.15) is 0 Å². The molecule has 0 saturated carbocycles. The van der Waals surface area contributed by atoms with Gasteiger partial charge in [0.15, 0.2) is 0 Å². The van der Waals surface area contributed by atoms with Crippen molar-refractivity contribution >= 4 is 83.7 Å². The molecule has 7 heteroatoms. The predicted molar refractivity (Wildman–Crippen MR) is 398 cm³/mol. The first-order chi connectivity index (χ1) is 41.7. The number of ether oxygens (including phenoxy) is 2. The van der Waals surface area contributed by atoms with Crippen LogP contribution in [0.4, 0.5) is 0 Å². The molecule has 1 aliphatic rings. The zero-order chi connectivity index (χ0) is 61.4. The van der Waals surface area contributed by atoms with Crippen molar-refractivity contribution in [3.63, 3.8) is 0 Å². The molecule has 0 spiro atoms. The summed E-state index contributed by atoms with van der Waals surface area (Å²) in [6.07, 6.45) is 67.1. The molecular weight excluding hydrogens is 1300 g/mol. The Labute approximate surface area is 550 Å². The van der Waals surface area contributed by atoms with E-state index in [1.165, 1.54) is 333 Å². The van der Waals surface area contributed by atoms with Crippen molar-refractivity contribution in [3.05, 3.63) is 45.5 Å². The van der Waals surface area contributed by atoms with Gasteiger partial charge in [0.2, 0.25) is 0 Å². The Morgan fingerprint density at radius 2 is 0.471 bits per heavy atom. The summed E-state index contributed by atoms with van der Waals surface area (Å²) in [4.78, 5) is 3.10. The van der Waals surface area contributed by atoms with Crippen LogP contribution in [-0.4, -0.2) is 58.0 Å². The van der Waals surface area contributed by atoms with Gasteiger partial charge in [0, 0.05) is 0 Å². The van der Waals surface area contributed by atoms with Gasteiger partial charge in [0.25, 0.3) is 0 Å². The molecule has 2 aromatic heterocycles. The SMILES string of the molecule is CCCCCCCCCCCCCCCCCCCCOC1=C(c2cc[c]([Sn]([CH2]CCC)([CH2]CCC)[CH2]CCC)s2)[Si](C)(C)C(c2cc[c]([Sn]([CH2]CCC)([CH2]CCC)[CH2]CCC)s2)=C1OCCCCCCCCCCCCCCCCCCCC. The van der Waals surface area contributed by atoms with E-state index >= 15 is 0 Å². The predicted octanol–water partition coefficient (Wildman–Crippen LogP) is 28.0. The van der Waals surface area contributed by atoms with Crippen molar-refractivity contribution in [1.82, 2.24) is 0 Å². The molecule has 3 heterocycles.